The van der Waals surface area contributed by atoms with Gasteiger partial charge in [0.25, 0.3) is 0 Å². The van der Waals surface area contributed by atoms with Gasteiger partial charge in [0, 0.05) is 17.0 Å². The fraction of sp³-hybridized carbons (Fsp3) is 0.143. The van der Waals surface area contributed by atoms with Gasteiger partial charge >= 0.3 is 0 Å². The van der Waals surface area contributed by atoms with Crippen LogP contribution in [-0.4, -0.2) is 4.21 Å². The van der Waals surface area contributed by atoms with E-state index < -0.39 is 28.3 Å². The van der Waals surface area contributed by atoms with Crippen molar-refractivity contribution in [3.63, 3.8) is 0 Å². The molecule has 0 amide bonds. The fourth-order valence-electron chi connectivity index (χ4n) is 1.71. The van der Waals surface area contributed by atoms with Gasteiger partial charge in [0.05, 0.1) is 16.6 Å². The Hall–Kier alpha value is -1.66. The van der Waals surface area contributed by atoms with Crippen molar-refractivity contribution in [3.05, 3.63) is 65.0 Å². The lowest BCUT2D eigenvalue weighted by Gasteiger charge is -2.06. The summed E-state index contributed by atoms with van der Waals surface area (Å²) in [6.45, 7) is 0.241. The van der Waals surface area contributed by atoms with E-state index in [0.717, 1.165) is 12.1 Å². The molecule has 2 rings (SSSR count). The summed E-state index contributed by atoms with van der Waals surface area (Å²) in [5, 5.41) is 0. The van der Waals surface area contributed by atoms with E-state index in [4.69, 9.17) is 5.73 Å². The van der Waals surface area contributed by atoms with Crippen molar-refractivity contribution in [1.82, 2.24) is 0 Å². The first-order valence-electron chi connectivity index (χ1n) is 5.82. The maximum Gasteiger partial charge on any atom is 0.160 e. The Morgan fingerprint density at radius 3 is 2.30 bits per heavy atom. The monoisotopic (exact) mass is 299 g/mol. The highest BCUT2D eigenvalue weighted by atomic mass is 32.2. The van der Waals surface area contributed by atoms with E-state index in [1.165, 1.54) is 18.2 Å². The minimum absolute atomic E-state index is 0.112. The van der Waals surface area contributed by atoms with E-state index in [-0.39, 0.29) is 22.8 Å². The molecule has 0 saturated heterocycles. The van der Waals surface area contributed by atoms with Crippen LogP contribution in [0.5, 0.6) is 0 Å². The van der Waals surface area contributed by atoms with Crippen LogP contribution in [-0.2, 0) is 23.1 Å². The average Bonchev–Trinajstić information content (AvgIpc) is 2.44. The zero-order chi connectivity index (χ0) is 14.7. The van der Waals surface area contributed by atoms with E-state index in [0.29, 0.717) is 5.56 Å². The van der Waals surface area contributed by atoms with Gasteiger partial charge < -0.3 is 5.73 Å². The van der Waals surface area contributed by atoms with Gasteiger partial charge in [-0.15, -0.1) is 0 Å². The van der Waals surface area contributed by atoms with Crippen molar-refractivity contribution in [2.75, 3.05) is 0 Å². The Balaban J connectivity index is 2.25. The Bertz CT molecular complexity index is 661. The molecule has 1 atom stereocenters. The number of benzene rings is 2. The van der Waals surface area contributed by atoms with E-state index >= 15 is 0 Å². The van der Waals surface area contributed by atoms with Crippen molar-refractivity contribution < 1.29 is 17.4 Å². The van der Waals surface area contributed by atoms with Gasteiger partial charge in [-0.05, 0) is 29.8 Å². The fourth-order valence-corrected chi connectivity index (χ4v) is 2.83. The molecule has 2 aromatic rings. The zero-order valence-electron chi connectivity index (χ0n) is 10.4. The summed E-state index contributed by atoms with van der Waals surface area (Å²) in [4.78, 5) is 0.112. The van der Waals surface area contributed by atoms with Crippen LogP contribution in [0, 0.1) is 17.5 Å². The van der Waals surface area contributed by atoms with Crippen LogP contribution >= 0.6 is 0 Å². The molecule has 2 N–H and O–H groups in total. The highest BCUT2D eigenvalue weighted by Crippen LogP contribution is 2.18. The maximum absolute atomic E-state index is 13.6. The third kappa shape index (κ3) is 3.26. The van der Waals surface area contributed by atoms with Crippen LogP contribution in [0.3, 0.4) is 0 Å². The quantitative estimate of drug-likeness (QED) is 0.943. The highest BCUT2D eigenvalue weighted by molar-refractivity contribution is 7.84. The minimum Gasteiger partial charge on any atom is -0.326 e. The summed E-state index contributed by atoms with van der Waals surface area (Å²) in [7, 11) is -1.66. The molecule has 0 spiro atoms. The summed E-state index contributed by atoms with van der Waals surface area (Å²) in [6, 6.07) is 7.29. The number of nitrogens with two attached hydrogens (primary N) is 1. The SMILES string of the molecule is NCc1ccc(F)c(CS(=O)c2ccc(F)c(F)c2)c1. The summed E-state index contributed by atoms with van der Waals surface area (Å²) in [5.74, 6) is -2.71. The topological polar surface area (TPSA) is 43.1 Å². The molecule has 6 heteroatoms. The van der Waals surface area contributed by atoms with E-state index in [2.05, 4.69) is 0 Å². The molecule has 0 saturated carbocycles. The molecule has 0 aliphatic rings. The van der Waals surface area contributed by atoms with Crippen LogP contribution in [0.4, 0.5) is 13.2 Å². The van der Waals surface area contributed by atoms with Crippen molar-refractivity contribution in [3.8, 4) is 0 Å². The number of hydrogen-bond donors (Lipinski definition) is 1. The lowest BCUT2D eigenvalue weighted by Crippen LogP contribution is -2.03. The molecule has 0 aliphatic carbocycles. The molecular weight excluding hydrogens is 287 g/mol. The lowest BCUT2D eigenvalue weighted by molar-refractivity contribution is 0.505. The minimum atomic E-state index is -1.66. The van der Waals surface area contributed by atoms with Crippen LogP contribution in [0.2, 0.25) is 0 Å². The first-order valence-corrected chi connectivity index (χ1v) is 7.14. The van der Waals surface area contributed by atoms with E-state index in [1.54, 1.807) is 6.07 Å². The predicted octanol–water partition coefficient (Wildman–Crippen LogP) is 2.87. The summed E-state index contributed by atoms with van der Waals surface area (Å²) >= 11 is 0. The Morgan fingerprint density at radius 2 is 1.65 bits per heavy atom. The van der Waals surface area contributed by atoms with Crippen molar-refractivity contribution in [2.24, 2.45) is 5.73 Å². The van der Waals surface area contributed by atoms with Gasteiger partial charge in [-0.2, -0.15) is 0 Å². The van der Waals surface area contributed by atoms with Crippen LogP contribution in [0.15, 0.2) is 41.3 Å². The Morgan fingerprint density at radius 1 is 0.950 bits per heavy atom. The second-order valence-corrected chi connectivity index (χ2v) is 5.65. The van der Waals surface area contributed by atoms with Gasteiger partial charge in [0.2, 0.25) is 0 Å². The summed E-state index contributed by atoms with van der Waals surface area (Å²) < 4.78 is 51.5. The van der Waals surface area contributed by atoms with Crippen LogP contribution in [0.1, 0.15) is 11.1 Å². The lowest BCUT2D eigenvalue weighted by atomic mass is 10.1. The van der Waals surface area contributed by atoms with Gasteiger partial charge in [-0.25, -0.2) is 13.2 Å². The molecule has 0 aromatic heterocycles. The molecule has 0 bridgehead atoms. The first kappa shape index (κ1) is 14.7. The Labute approximate surface area is 116 Å². The maximum atomic E-state index is 13.6. The van der Waals surface area contributed by atoms with Gasteiger partial charge in [0.1, 0.15) is 5.82 Å². The molecule has 0 heterocycles. The standard InChI is InChI=1S/C14H12F3NOS/c15-12-3-1-9(7-18)5-10(12)8-20(19)11-2-4-13(16)14(17)6-11/h1-6H,7-8,18H2. The number of rotatable bonds is 4. The number of halogens is 3. The second kappa shape index (κ2) is 6.19. The molecule has 20 heavy (non-hydrogen) atoms. The van der Waals surface area contributed by atoms with Crippen molar-refractivity contribution >= 4 is 10.8 Å². The second-order valence-electron chi connectivity index (χ2n) is 4.20. The molecule has 2 aromatic carbocycles. The molecule has 0 fully saturated rings. The summed E-state index contributed by atoms with van der Waals surface area (Å²) in [5.41, 5.74) is 6.40. The van der Waals surface area contributed by atoms with Crippen LogP contribution < -0.4 is 5.73 Å². The van der Waals surface area contributed by atoms with Gasteiger partial charge in [-0.3, -0.25) is 4.21 Å². The van der Waals surface area contributed by atoms with Crippen LogP contribution in [0.25, 0.3) is 0 Å². The van der Waals surface area contributed by atoms with Gasteiger partial charge in [-0.1, -0.05) is 12.1 Å². The van der Waals surface area contributed by atoms with Crippen molar-refractivity contribution in [2.45, 2.75) is 17.2 Å². The first-order chi connectivity index (χ1) is 9.51. The smallest absolute Gasteiger partial charge is 0.160 e. The van der Waals surface area contributed by atoms with Crippen molar-refractivity contribution in [1.29, 1.82) is 0 Å². The number of hydrogen-bond acceptors (Lipinski definition) is 2. The largest absolute Gasteiger partial charge is 0.326 e. The van der Waals surface area contributed by atoms with E-state index in [9.17, 15) is 17.4 Å². The average molecular weight is 299 g/mol. The third-order valence-electron chi connectivity index (χ3n) is 2.79. The molecular formula is C14H12F3NOS. The highest BCUT2D eigenvalue weighted by Gasteiger charge is 2.12. The predicted molar refractivity (Wildman–Crippen MR) is 70.8 cm³/mol. The molecule has 1 unspecified atom stereocenters. The molecule has 106 valence electrons. The summed E-state index contributed by atoms with van der Waals surface area (Å²) in [6.07, 6.45) is 0. The molecule has 2 nitrogen and oxygen atoms in total. The molecule has 0 radical (unpaired) electrons. The van der Waals surface area contributed by atoms with Gasteiger partial charge in [0.15, 0.2) is 11.6 Å². The third-order valence-corrected chi connectivity index (χ3v) is 4.14. The van der Waals surface area contributed by atoms with E-state index in [1.807, 2.05) is 0 Å². The zero-order valence-corrected chi connectivity index (χ0v) is 11.2. The normalized spacial score (nSPS) is 12.4. The Kier molecular flexibility index (Phi) is 4.57. The molecule has 0 aliphatic heterocycles.